The molecule has 3 rings (SSSR count). The highest BCUT2D eigenvalue weighted by Gasteiger charge is 2.27. The van der Waals surface area contributed by atoms with Gasteiger partial charge < -0.3 is 14.8 Å². The number of fused-ring (bicyclic) bond motifs is 1. The lowest BCUT2D eigenvalue weighted by molar-refractivity contribution is -0.119. The summed E-state index contributed by atoms with van der Waals surface area (Å²) >= 11 is 1.30. The van der Waals surface area contributed by atoms with Crippen molar-refractivity contribution in [3.8, 4) is 0 Å². The van der Waals surface area contributed by atoms with Crippen molar-refractivity contribution in [3.05, 3.63) is 33.5 Å². The van der Waals surface area contributed by atoms with Gasteiger partial charge in [-0.05, 0) is 25.3 Å². The van der Waals surface area contributed by atoms with E-state index in [1.807, 2.05) is 4.57 Å². The van der Waals surface area contributed by atoms with Crippen LogP contribution in [0.25, 0.3) is 0 Å². The van der Waals surface area contributed by atoms with E-state index in [9.17, 15) is 14.4 Å². The van der Waals surface area contributed by atoms with Crippen LogP contribution in [0, 0.1) is 5.92 Å². The van der Waals surface area contributed by atoms with Gasteiger partial charge in [-0.15, -0.1) is 21.5 Å². The van der Waals surface area contributed by atoms with Gasteiger partial charge in [0.2, 0.25) is 5.91 Å². The van der Waals surface area contributed by atoms with Crippen LogP contribution < -0.4 is 5.32 Å². The number of hydrogen-bond acceptors (Lipinski definition) is 6. The van der Waals surface area contributed by atoms with Crippen molar-refractivity contribution < 1.29 is 14.4 Å². The Kier molecular flexibility index (Phi) is 6.46. The minimum atomic E-state index is -0.203. The highest BCUT2D eigenvalue weighted by atomic mass is 32.1. The van der Waals surface area contributed by atoms with E-state index in [1.54, 1.807) is 16.3 Å². The van der Waals surface area contributed by atoms with Gasteiger partial charge in [-0.25, -0.2) is 0 Å². The Hall–Kier alpha value is -2.55. The summed E-state index contributed by atoms with van der Waals surface area (Å²) in [6, 6.07) is 1.47. The van der Waals surface area contributed by atoms with Crippen molar-refractivity contribution in [3.63, 3.8) is 0 Å². The first kappa shape index (κ1) is 21.2. The molecule has 0 radical (unpaired) electrons. The first-order chi connectivity index (χ1) is 13.8. The van der Waals surface area contributed by atoms with E-state index in [4.69, 9.17) is 0 Å². The quantitative estimate of drug-likeness (QED) is 0.728. The summed E-state index contributed by atoms with van der Waals surface area (Å²) in [5.74, 6) is 1.75. The summed E-state index contributed by atoms with van der Waals surface area (Å²) in [6.45, 7) is 8.84. The van der Waals surface area contributed by atoms with Gasteiger partial charge in [0.25, 0.3) is 5.91 Å². The van der Waals surface area contributed by atoms with E-state index in [2.05, 4.69) is 29.4 Å². The molecule has 1 aliphatic heterocycles. The molecule has 9 heteroatoms. The fourth-order valence-corrected chi connectivity index (χ4v) is 4.35. The Bertz CT molecular complexity index is 917. The first-order valence-electron chi connectivity index (χ1n) is 9.84. The van der Waals surface area contributed by atoms with Gasteiger partial charge in [-0.3, -0.25) is 14.4 Å². The second kappa shape index (κ2) is 8.86. The number of nitrogens with zero attached hydrogens (tertiary/aromatic N) is 4. The molecule has 3 heterocycles. The van der Waals surface area contributed by atoms with E-state index < -0.39 is 0 Å². The molecule has 0 unspecified atom stereocenters. The standard InChI is InChI=1S/C20H27N5O3S/c1-12(2)9-16(21-14(4)27)19-23-22-18-5-6-24(7-8-25(18)19)20(28)15-10-17(13(3)26)29-11-15/h10-12,16H,5-9H2,1-4H3,(H,21,27)/t16-/m1/s1. The van der Waals surface area contributed by atoms with Crippen LogP contribution in [0.3, 0.4) is 0 Å². The predicted molar refractivity (Wildman–Crippen MR) is 110 cm³/mol. The summed E-state index contributed by atoms with van der Waals surface area (Å²) in [5.41, 5.74) is 0.550. The lowest BCUT2D eigenvalue weighted by atomic mass is 10.0. The average Bonchev–Trinajstić information content (AvgIpc) is 3.23. The molecule has 0 aromatic carbocycles. The molecule has 2 aromatic rings. The van der Waals surface area contributed by atoms with Gasteiger partial charge in [0, 0.05) is 38.4 Å². The van der Waals surface area contributed by atoms with Crippen LogP contribution in [-0.2, 0) is 17.8 Å². The second-order valence-electron chi connectivity index (χ2n) is 7.81. The van der Waals surface area contributed by atoms with Crippen LogP contribution in [0.2, 0.25) is 0 Å². The minimum absolute atomic E-state index is 0.0325. The molecule has 0 fully saturated rings. The molecule has 0 bridgehead atoms. The fourth-order valence-electron chi connectivity index (χ4n) is 3.57. The normalized spacial score (nSPS) is 15.0. The zero-order valence-corrected chi connectivity index (χ0v) is 18.1. The number of rotatable bonds is 6. The number of aromatic nitrogens is 3. The molecule has 1 atom stereocenters. The largest absolute Gasteiger partial charge is 0.346 e. The maximum absolute atomic E-state index is 12.9. The number of amides is 2. The van der Waals surface area contributed by atoms with Gasteiger partial charge >= 0.3 is 0 Å². The molecule has 0 aliphatic carbocycles. The van der Waals surface area contributed by atoms with Crippen molar-refractivity contribution in [1.82, 2.24) is 25.0 Å². The summed E-state index contributed by atoms with van der Waals surface area (Å²) < 4.78 is 2.03. The van der Waals surface area contributed by atoms with Gasteiger partial charge in [0.05, 0.1) is 16.5 Å². The van der Waals surface area contributed by atoms with Gasteiger partial charge in [-0.2, -0.15) is 0 Å². The Morgan fingerprint density at radius 3 is 2.55 bits per heavy atom. The lowest BCUT2D eigenvalue weighted by Gasteiger charge is -2.22. The molecular weight excluding hydrogens is 390 g/mol. The number of ketones is 1. The SMILES string of the molecule is CC(=O)N[C@H](CC(C)C)c1nnc2n1CCN(C(=O)c1csc(C(C)=O)c1)CC2. The molecule has 0 saturated carbocycles. The molecule has 0 spiro atoms. The third-order valence-electron chi connectivity index (χ3n) is 4.93. The van der Waals surface area contributed by atoms with E-state index in [0.717, 1.165) is 18.1 Å². The van der Waals surface area contributed by atoms with Gasteiger partial charge in [-0.1, -0.05) is 13.8 Å². The number of Topliss-reactive ketones (excluding diaryl/α,β-unsaturated/α-hetero) is 1. The summed E-state index contributed by atoms with van der Waals surface area (Å²) in [4.78, 5) is 38.5. The Balaban J connectivity index is 1.77. The van der Waals surface area contributed by atoms with Crippen molar-refractivity contribution in [2.45, 2.75) is 53.1 Å². The Morgan fingerprint density at radius 1 is 1.17 bits per heavy atom. The van der Waals surface area contributed by atoms with Crippen LogP contribution in [-0.4, -0.2) is 50.4 Å². The lowest BCUT2D eigenvalue weighted by Crippen LogP contribution is -2.34. The Labute approximate surface area is 174 Å². The number of nitrogens with one attached hydrogen (secondary N) is 1. The molecule has 1 N–H and O–H groups in total. The van der Waals surface area contributed by atoms with Crippen LogP contribution in [0.15, 0.2) is 11.4 Å². The molecule has 2 aromatic heterocycles. The fraction of sp³-hybridized carbons (Fsp3) is 0.550. The summed E-state index contributed by atoms with van der Waals surface area (Å²) in [7, 11) is 0. The molecule has 2 amide bonds. The van der Waals surface area contributed by atoms with Gasteiger partial charge in [0.1, 0.15) is 5.82 Å². The highest BCUT2D eigenvalue weighted by molar-refractivity contribution is 7.12. The minimum Gasteiger partial charge on any atom is -0.346 e. The third kappa shape index (κ3) is 4.90. The topological polar surface area (TPSA) is 97.2 Å². The third-order valence-corrected chi connectivity index (χ3v) is 5.96. The maximum Gasteiger partial charge on any atom is 0.254 e. The second-order valence-corrected chi connectivity index (χ2v) is 8.72. The zero-order valence-electron chi connectivity index (χ0n) is 17.3. The number of carbonyl (C=O) groups excluding carboxylic acids is 3. The molecule has 0 saturated heterocycles. The van der Waals surface area contributed by atoms with E-state index in [-0.39, 0.29) is 23.6 Å². The van der Waals surface area contributed by atoms with Crippen LogP contribution in [0.5, 0.6) is 0 Å². The molecule has 156 valence electrons. The summed E-state index contributed by atoms with van der Waals surface area (Å²) in [5, 5.41) is 13.4. The van der Waals surface area contributed by atoms with Crippen molar-refractivity contribution >= 4 is 28.9 Å². The van der Waals surface area contributed by atoms with Crippen molar-refractivity contribution in [2.75, 3.05) is 13.1 Å². The molecular formula is C20H27N5O3S. The average molecular weight is 418 g/mol. The van der Waals surface area contributed by atoms with Gasteiger partial charge in [0.15, 0.2) is 11.6 Å². The van der Waals surface area contributed by atoms with Crippen LogP contribution >= 0.6 is 11.3 Å². The van der Waals surface area contributed by atoms with Crippen LogP contribution in [0.4, 0.5) is 0 Å². The highest BCUT2D eigenvalue weighted by Crippen LogP contribution is 2.23. The van der Waals surface area contributed by atoms with E-state index in [0.29, 0.717) is 42.4 Å². The Morgan fingerprint density at radius 2 is 1.93 bits per heavy atom. The molecule has 8 nitrogen and oxygen atoms in total. The van der Waals surface area contributed by atoms with Crippen LogP contribution in [0.1, 0.15) is 71.8 Å². The summed E-state index contributed by atoms with van der Waals surface area (Å²) in [6.07, 6.45) is 1.36. The monoisotopic (exact) mass is 417 g/mol. The maximum atomic E-state index is 12.9. The van der Waals surface area contributed by atoms with E-state index >= 15 is 0 Å². The molecule has 29 heavy (non-hydrogen) atoms. The smallest absolute Gasteiger partial charge is 0.254 e. The number of carbonyl (C=O) groups is 3. The van der Waals surface area contributed by atoms with E-state index in [1.165, 1.54) is 25.2 Å². The van der Waals surface area contributed by atoms with Crippen molar-refractivity contribution in [2.24, 2.45) is 5.92 Å². The number of thiophene rings is 1. The predicted octanol–water partition coefficient (Wildman–Crippen LogP) is 2.46. The number of hydrogen-bond donors (Lipinski definition) is 1. The first-order valence-corrected chi connectivity index (χ1v) is 10.7. The molecule has 1 aliphatic rings. The zero-order chi connectivity index (χ0) is 21.1. The van der Waals surface area contributed by atoms with Crippen molar-refractivity contribution in [1.29, 1.82) is 0 Å².